The molecule has 0 amide bonds. The van der Waals surface area contributed by atoms with Gasteiger partial charge in [-0.15, -0.1) is 0 Å². The molecule has 8 nitrogen and oxygen atoms in total. The zero-order valence-electron chi connectivity index (χ0n) is 16.8. The number of aliphatic hydroxyl groups is 5. The van der Waals surface area contributed by atoms with Crippen LogP contribution in [0.4, 0.5) is 0 Å². The third-order valence-electron chi connectivity index (χ3n) is 7.42. The number of fused-ring (bicyclic) bond motifs is 3. The largest absolute Gasteiger partial charge is 0.394 e. The number of Topliss-reactive ketones (excluding diaryl/α,β-unsaturated/α-hetero) is 1. The maximum Gasteiger partial charge on any atom is 0.187 e. The second-order valence-electron chi connectivity index (χ2n) is 9.04. The summed E-state index contributed by atoms with van der Waals surface area (Å²) in [6, 6.07) is 0. The van der Waals surface area contributed by atoms with Gasteiger partial charge in [-0.1, -0.05) is 25.3 Å². The number of hydrogen-bond acceptors (Lipinski definition) is 8. The van der Waals surface area contributed by atoms with Crippen LogP contribution in [0.3, 0.4) is 0 Å². The van der Waals surface area contributed by atoms with Crippen LogP contribution >= 0.6 is 0 Å². The molecule has 0 radical (unpaired) electrons. The van der Waals surface area contributed by atoms with E-state index in [0.29, 0.717) is 24.0 Å². The smallest absolute Gasteiger partial charge is 0.187 e. The summed E-state index contributed by atoms with van der Waals surface area (Å²) in [6.45, 7) is 11.7. The molecular weight excluding hydrogens is 392 g/mol. The Kier molecular flexibility index (Phi) is 5.78. The van der Waals surface area contributed by atoms with E-state index >= 15 is 0 Å². The van der Waals surface area contributed by atoms with Gasteiger partial charge in [0.2, 0.25) is 0 Å². The van der Waals surface area contributed by atoms with Crippen LogP contribution in [0.15, 0.2) is 36.5 Å². The SMILES string of the molecule is C=C1CC(OC2OC(CO)C(O)C(O)C2O)C2C(=C)C(=O)CC2C2C(=C)C(O)CC12. The predicted molar refractivity (Wildman–Crippen MR) is 105 cm³/mol. The number of aliphatic hydroxyl groups excluding tert-OH is 5. The number of rotatable bonds is 3. The second-order valence-corrected chi connectivity index (χ2v) is 9.04. The summed E-state index contributed by atoms with van der Waals surface area (Å²) in [6.07, 6.45) is -7.03. The average molecular weight is 422 g/mol. The van der Waals surface area contributed by atoms with Gasteiger partial charge in [0.1, 0.15) is 24.4 Å². The van der Waals surface area contributed by atoms with Crippen molar-refractivity contribution < 1.29 is 39.8 Å². The Balaban J connectivity index is 1.63. The van der Waals surface area contributed by atoms with Gasteiger partial charge in [0.25, 0.3) is 0 Å². The number of carbonyl (C=O) groups is 1. The number of ether oxygens (including phenoxy) is 2. The van der Waals surface area contributed by atoms with Crippen LogP contribution in [0.25, 0.3) is 0 Å². The van der Waals surface area contributed by atoms with E-state index in [0.717, 1.165) is 5.57 Å². The molecule has 166 valence electrons. The summed E-state index contributed by atoms with van der Waals surface area (Å²) >= 11 is 0. The van der Waals surface area contributed by atoms with Crippen molar-refractivity contribution in [3.8, 4) is 0 Å². The maximum absolute atomic E-state index is 12.6. The highest BCUT2D eigenvalue weighted by Gasteiger charge is 2.55. The third kappa shape index (κ3) is 3.31. The highest BCUT2D eigenvalue weighted by molar-refractivity contribution is 5.98. The summed E-state index contributed by atoms with van der Waals surface area (Å²) in [5.41, 5.74) is 1.99. The van der Waals surface area contributed by atoms with E-state index in [9.17, 15) is 30.3 Å². The van der Waals surface area contributed by atoms with Crippen LogP contribution in [0.1, 0.15) is 19.3 Å². The van der Waals surface area contributed by atoms with Crippen molar-refractivity contribution in [1.82, 2.24) is 0 Å². The average Bonchev–Trinajstić information content (AvgIpc) is 3.13. The standard InChI is InChI=1S/C22H30O8/c1-8-4-15(29-22-21(28)20(27)19(26)16(7-23)30-22)18-10(3)14(25)6-12(18)17-9(2)13(24)5-11(8)17/h11-13,15-24,26-28H,1-7H2. The van der Waals surface area contributed by atoms with Gasteiger partial charge in [0.05, 0.1) is 18.8 Å². The first-order valence-corrected chi connectivity index (χ1v) is 10.4. The van der Waals surface area contributed by atoms with Crippen molar-refractivity contribution in [3.63, 3.8) is 0 Å². The van der Waals surface area contributed by atoms with Gasteiger partial charge in [-0.2, -0.15) is 0 Å². The molecule has 8 heteroatoms. The van der Waals surface area contributed by atoms with E-state index in [1.165, 1.54) is 0 Å². The van der Waals surface area contributed by atoms with Crippen LogP contribution in [0.2, 0.25) is 0 Å². The summed E-state index contributed by atoms with van der Waals surface area (Å²) in [5, 5.41) is 50.2. The lowest BCUT2D eigenvalue weighted by Crippen LogP contribution is -2.60. The van der Waals surface area contributed by atoms with E-state index in [1.807, 2.05) is 0 Å². The van der Waals surface area contributed by atoms with Crippen LogP contribution in [0.5, 0.6) is 0 Å². The molecule has 4 fully saturated rings. The zero-order chi connectivity index (χ0) is 21.9. The normalized spacial score (nSPS) is 49.2. The number of ketones is 1. The molecule has 0 aromatic rings. The molecule has 0 spiro atoms. The Morgan fingerprint density at radius 2 is 1.70 bits per heavy atom. The fourth-order valence-corrected chi connectivity index (χ4v) is 5.80. The first-order valence-electron chi connectivity index (χ1n) is 10.4. The first kappa shape index (κ1) is 21.8. The lowest BCUT2D eigenvalue weighted by atomic mass is 9.76. The molecule has 1 aliphatic heterocycles. The molecule has 3 saturated carbocycles. The van der Waals surface area contributed by atoms with Crippen molar-refractivity contribution >= 4 is 5.78 Å². The van der Waals surface area contributed by atoms with Gasteiger partial charge in [-0.05, 0) is 41.7 Å². The molecule has 5 N–H and O–H groups in total. The molecular formula is C22H30O8. The molecule has 0 bridgehead atoms. The Labute approximate surface area is 175 Å². The predicted octanol–water partition coefficient (Wildman–Crippen LogP) is -0.554. The van der Waals surface area contributed by atoms with Crippen LogP contribution in [0, 0.1) is 23.7 Å². The van der Waals surface area contributed by atoms with Crippen molar-refractivity contribution in [2.24, 2.45) is 23.7 Å². The molecule has 0 aromatic carbocycles. The van der Waals surface area contributed by atoms with E-state index in [4.69, 9.17) is 9.47 Å². The third-order valence-corrected chi connectivity index (χ3v) is 7.42. The minimum Gasteiger partial charge on any atom is -0.394 e. The Bertz CT molecular complexity index is 760. The van der Waals surface area contributed by atoms with Crippen LogP contribution in [-0.4, -0.2) is 80.8 Å². The van der Waals surface area contributed by atoms with Gasteiger partial charge in [-0.3, -0.25) is 4.79 Å². The van der Waals surface area contributed by atoms with E-state index in [2.05, 4.69) is 19.7 Å². The molecule has 0 aromatic heterocycles. The molecule has 4 rings (SSSR count). The highest BCUT2D eigenvalue weighted by atomic mass is 16.7. The quantitative estimate of drug-likeness (QED) is 0.302. The summed E-state index contributed by atoms with van der Waals surface area (Å²) in [4.78, 5) is 12.6. The van der Waals surface area contributed by atoms with Gasteiger partial charge in [0, 0.05) is 12.3 Å². The Morgan fingerprint density at radius 3 is 2.37 bits per heavy atom. The van der Waals surface area contributed by atoms with Crippen LogP contribution < -0.4 is 0 Å². The van der Waals surface area contributed by atoms with Gasteiger partial charge >= 0.3 is 0 Å². The highest BCUT2D eigenvalue weighted by Crippen LogP contribution is 2.56. The molecule has 11 unspecified atom stereocenters. The topological polar surface area (TPSA) is 137 Å². The van der Waals surface area contributed by atoms with Crippen molar-refractivity contribution in [3.05, 3.63) is 36.5 Å². The molecule has 1 heterocycles. The maximum atomic E-state index is 12.6. The lowest BCUT2D eigenvalue weighted by molar-refractivity contribution is -0.314. The van der Waals surface area contributed by atoms with Crippen molar-refractivity contribution in [2.75, 3.05) is 6.61 Å². The summed E-state index contributed by atoms with van der Waals surface area (Å²) in [7, 11) is 0. The van der Waals surface area contributed by atoms with Crippen LogP contribution in [-0.2, 0) is 14.3 Å². The number of hydrogen-bond donors (Lipinski definition) is 5. The number of carbonyl (C=O) groups excluding carboxylic acids is 1. The van der Waals surface area contributed by atoms with E-state index in [1.54, 1.807) is 0 Å². The monoisotopic (exact) mass is 422 g/mol. The molecule has 11 atom stereocenters. The summed E-state index contributed by atoms with van der Waals surface area (Å²) in [5.74, 6) is -0.730. The fourth-order valence-electron chi connectivity index (χ4n) is 5.80. The first-order chi connectivity index (χ1) is 14.1. The van der Waals surface area contributed by atoms with Crippen molar-refractivity contribution in [2.45, 2.75) is 62.2 Å². The molecule has 30 heavy (non-hydrogen) atoms. The Morgan fingerprint density at radius 1 is 1.00 bits per heavy atom. The van der Waals surface area contributed by atoms with Gasteiger partial charge in [0.15, 0.2) is 12.1 Å². The zero-order valence-corrected chi connectivity index (χ0v) is 16.8. The van der Waals surface area contributed by atoms with E-state index in [-0.39, 0.29) is 35.9 Å². The van der Waals surface area contributed by atoms with Gasteiger partial charge in [-0.25, -0.2) is 0 Å². The molecule has 4 aliphatic rings. The van der Waals surface area contributed by atoms with Crippen molar-refractivity contribution in [1.29, 1.82) is 0 Å². The minimum absolute atomic E-state index is 0.0258. The molecule has 3 aliphatic carbocycles. The summed E-state index contributed by atoms with van der Waals surface area (Å²) < 4.78 is 11.6. The minimum atomic E-state index is -1.55. The van der Waals surface area contributed by atoms with Gasteiger partial charge < -0.3 is 35.0 Å². The fraction of sp³-hybridized carbons (Fsp3) is 0.682. The Hall–Kier alpha value is -1.39. The second kappa shape index (κ2) is 7.94. The molecule has 1 saturated heterocycles. The van der Waals surface area contributed by atoms with E-state index < -0.39 is 49.5 Å². The lowest BCUT2D eigenvalue weighted by Gasteiger charge is -2.42.